The van der Waals surface area contributed by atoms with E-state index in [1.54, 1.807) is 0 Å². The summed E-state index contributed by atoms with van der Waals surface area (Å²) in [7, 11) is 0. The summed E-state index contributed by atoms with van der Waals surface area (Å²) in [6, 6.07) is -0.0677. The third kappa shape index (κ3) is 3.42. The van der Waals surface area contributed by atoms with Crippen molar-refractivity contribution >= 4 is 0 Å². The smallest absolute Gasteiger partial charge is 0.0979 e. The van der Waals surface area contributed by atoms with Crippen molar-refractivity contribution in [2.45, 2.75) is 44.1 Å². The Balaban J connectivity index is 1.55. The fourth-order valence-corrected chi connectivity index (χ4v) is 2.64. The van der Waals surface area contributed by atoms with Gasteiger partial charge in [0.25, 0.3) is 0 Å². The van der Waals surface area contributed by atoms with Crippen LogP contribution in [0.25, 0.3) is 0 Å². The Hall–Kier alpha value is -0.680. The first-order valence-corrected chi connectivity index (χ1v) is 6.86. The predicted octanol–water partition coefficient (Wildman–Crippen LogP) is 0.180. The number of allylic oxidation sites excluding steroid dienone is 4. The van der Waals surface area contributed by atoms with Crippen molar-refractivity contribution in [2.24, 2.45) is 5.92 Å². The third-order valence-electron chi connectivity index (χ3n) is 3.83. The van der Waals surface area contributed by atoms with Crippen LogP contribution in [0.4, 0.5) is 0 Å². The average Bonchev–Trinajstić information content (AvgIpc) is 2.95. The predicted molar refractivity (Wildman–Crippen MR) is 72.3 cm³/mol. The molecule has 0 radical (unpaired) electrons. The molecule has 4 atom stereocenters. The van der Waals surface area contributed by atoms with Crippen molar-refractivity contribution in [1.29, 1.82) is 0 Å². The molecule has 0 aromatic heterocycles. The zero-order chi connectivity index (χ0) is 13.0. The van der Waals surface area contributed by atoms with Crippen LogP contribution in [0, 0.1) is 5.92 Å². The van der Waals surface area contributed by atoms with Gasteiger partial charge in [0, 0.05) is 18.6 Å². The fraction of sp³-hybridized carbons (Fsp3) is 0.714. The van der Waals surface area contributed by atoms with Crippen LogP contribution < -0.4 is 10.6 Å². The highest BCUT2D eigenvalue weighted by atomic mass is 16.3. The van der Waals surface area contributed by atoms with E-state index in [1.165, 1.54) is 6.42 Å². The van der Waals surface area contributed by atoms with Gasteiger partial charge in [-0.3, -0.25) is 0 Å². The van der Waals surface area contributed by atoms with Crippen molar-refractivity contribution in [3.8, 4) is 0 Å². The van der Waals surface area contributed by atoms with Crippen LogP contribution in [0.5, 0.6) is 0 Å². The molecule has 4 N–H and O–H groups in total. The Bertz CT molecular complexity index is 305. The van der Waals surface area contributed by atoms with Gasteiger partial charge in [-0.25, -0.2) is 0 Å². The highest BCUT2D eigenvalue weighted by Gasteiger charge is 2.37. The molecule has 0 aromatic rings. The lowest BCUT2D eigenvalue weighted by Crippen LogP contribution is -2.42. The first kappa shape index (κ1) is 13.7. The SMILES string of the molecule is C[C@@H]1N[C@@H](CNCCCC2C=CC=C2)[C@H](O)[C@@H]1O. The Morgan fingerprint density at radius 2 is 1.89 bits per heavy atom. The topological polar surface area (TPSA) is 64.5 Å². The molecule has 4 nitrogen and oxygen atoms in total. The lowest BCUT2D eigenvalue weighted by Gasteiger charge is -2.16. The molecular weight excluding hydrogens is 228 g/mol. The maximum Gasteiger partial charge on any atom is 0.0979 e. The number of hydrogen-bond acceptors (Lipinski definition) is 4. The van der Waals surface area contributed by atoms with Crippen LogP contribution in [0.15, 0.2) is 24.3 Å². The minimum atomic E-state index is -0.659. The van der Waals surface area contributed by atoms with E-state index in [1.807, 2.05) is 6.92 Å². The number of rotatable bonds is 6. The highest BCUT2D eigenvalue weighted by Crippen LogP contribution is 2.15. The van der Waals surface area contributed by atoms with E-state index in [2.05, 4.69) is 34.9 Å². The van der Waals surface area contributed by atoms with E-state index >= 15 is 0 Å². The molecule has 0 spiro atoms. The quantitative estimate of drug-likeness (QED) is 0.509. The van der Waals surface area contributed by atoms with E-state index in [9.17, 15) is 10.2 Å². The summed E-state index contributed by atoms with van der Waals surface area (Å²) in [5, 5.41) is 26.0. The van der Waals surface area contributed by atoms with Crippen molar-refractivity contribution in [3.63, 3.8) is 0 Å². The second-order valence-electron chi connectivity index (χ2n) is 5.32. The monoisotopic (exact) mass is 252 g/mol. The fourth-order valence-electron chi connectivity index (χ4n) is 2.64. The first-order valence-electron chi connectivity index (χ1n) is 6.86. The molecule has 0 saturated carbocycles. The minimum Gasteiger partial charge on any atom is -0.389 e. The van der Waals surface area contributed by atoms with Crippen molar-refractivity contribution < 1.29 is 10.2 Å². The van der Waals surface area contributed by atoms with Crippen molar-refractivity contribution in [1.82, 2.24) is 10.6 Å². The van der Waals surface area contributed by atoms with Gasteiger partial charge in [-0.1, -0.05) is 24.3 Å². The van der Waals surface area contributed by atoms with Crippen LogP contribution in [0.3, 0.4) is 0 Å². The Kier molecular flexibility index (Phi) is 4.95. The normalized spacial score (nSPS) is 35.7. The minimum absolute atomic E-state index is 0.0273. The second-order valence-corrected chi connectivity index (χ2v) is 5.32. The van der Waals surface area contributed by atoms with Gasteiger partial charge in [0.2, 0.25) is 0 Å². The van der Waals surface area contributed by atoms with Gasteiger partial charge >= 0.3 is 0 Å². The Labute approximate surface area is 109 Å². The molecule has 1 aliphatic heterocycles. The standard InChI is InChI=1S/C14H24N2O2/c1-10-13(17)14(18)12(16-10)9-15-8-4-7-11-5-2-3-6-11/h2-3,5-6,10-18H,4,7-9H2,1H3/t10-,12-,13+,14-/m0/s1. The van der Waals surface area contributed by atoms with Crippen LogP contribution >= 0.6 is 0 Å². The molecule has 1 fully saturated rings. The summed E-state index contributed by atoms with van der Waals surface area (Å²) >= 11 is 0. The van der Waals surface area contributed by atoms with Gasteiger partial charge in [0.05, 0.1) is 12.2 Å². The van der Waals surface area contributed by atoms with Crippen LogP contribution in [0.1, 0.15) is 19.8 Å². The lowest BCUT2D eigenvalue weighted by molar-refractivity contribution is 0.0304. The summed E-state index contributed by atoms with van der Waals surface area (Å²) in [6.45, 7) is 3.55. The van der Waals surface area contributed by atoms with Gasteiger partial charge in [-0.15, -0.1) is 0 Å². The van der Waals surface area contributed by atoms with E-state index in [0.717, 1.165) is 13.0 Å². The number of aliphatic hydroxyl groups is 2. The number of nitrogens with one attached hydrogen (secondary N) is 2. The molecule has 2 rings (SSSR count). The molecular formula is C14H24N2O2. The zero-order valence-corrected chi connectivity index (χ0v) is 10.9. The highest BCUT2D eigenvalue weighted by molar-refractivity contribution is 5.17. The Morgan fingerprint density at radius 1 is 1.17 bits per heavy atom. The molecule has 18 heavy (non-hydrogen) atoms. The largest absolute Gasteiger partial charge is 0.389 e. The van der Waals surface area contributed by atoms with E-state index in [0.29, 0.717) is 12.5 Å². The summed E-state index contributed by atoms with van der Waals surface area (Å²) in [4.78, 5) is 0. The van der Waals surface area contributed by atoms with Crippen molar-refractivity contribution in [2.75, 3.05) is 13.1 Å². The molecule has 0 aromatic carbocycles. The Morgan fingerprint density at radius 3 is 2.50 bits per heavy atom. The number of hydrogen-bond donors (Lipinski definition) is 4. The molecule has 0 unspecified atom stereocenters. The van der Waals surface area contributed by atoms with Gasteiger partial charge in [-0.2, -0.15) is 0 Å². The summed E-state index contributed by atoms with van der Waals surface area (Å²) in [5.74, 6) is 0.601. The molecule has 0 amide bonds. The van der Waals surface area contributed by atoms with Crippen LogP contribution in [0.2, 0.25) is 0 Å². The second kappa shape index (κ2) is 6.48. The molecule has 0 bridgehead atoms. The van der Waals surface area contributed by atoms with Gasteiger partial charge < -0.3 is 20.8 Å². The third-order valence-corrected chi connectivity index (χ3v) is 3.83. The van der Waals surface area contributed by atoms with Gasteiger partial charge in [0.1, 0.15) is 0 Å². The molecule has 1 aliphatic carbocycles. The van der Waals surface area contributed by atoms with E-state index < -0.39 is 12.2 Å². The summed E-state index contributed by atoms with van der Waals surface area (Å²) in [6.07, 6.45) is 9.62. The van der Waals surface area contributed by atoms with Crippen LogP contribution in [-0.2, 0) is 0 Å². The van der Waals surface area contributed by atoms with Gasteiger partial charge in [-0.05, 0) is 32.2 Å². The summed E-state index contributed by atoms with van der Waals surface area (Å²) in [5.41, 5.74) is 0. The maximum absolute atomic E-state index is 9.79. The van der Waals surface area contributed by atoms with Crippen LogP contribution in [-0.4, -0.2) is 47.6 Å². The first-order chi connectivity index (χ1) is 8.68. The molecule has 2 aliphatic rings. The van der Waals surface area contributed by atoms with E-state index in [4.69, 9.17) is 0 Å². The number of aliphatic hydroxyl groups excluding tert-OH is 2. The van der Waals surface area contributed by atoms with Crippen molar-refractivity contribution in [3.05, 3.63) is 24.3 Å². The molecule has 1 heterocycles. The van der Waals surface area contributed by atoms with E-state index in [-0.39, 0.29) is 12.1 Å². The molecule has 1 saturated heterocycles. The van der Waals surface area contributed by atoms with Gasteiger partial charge in [0.15, 0.2) is 0 Å². The average molecular weight is 252 g/mol. The summed E-state index contributed by atoms with van der Waals surface area (Å²) < 4.78 is 0. The lowest BCUT2D eigenvalue weighted by atomic mass is 10.1. The zero-order valence-electron chi connectivity index (χ0n) is 10.9. The maximum atomic E-state index is 9.79. The molecule has 102 valence electrons. The molecule has 4 heteroatoms.